The van der Waals surface area contributed by atoms with Gasteiger partial charge in [-0.25, -0.2) is 4.98 Å². The van der Waals surface area contributed by atoms with Gasteiger partial charge in [-0.1, -0.05) is 6.92 Å². The summed E-state index contributed by atoms with van der Waals surface area (Å²) in [6, 6.07) is 4.63. The van der Waals surface area contributed by atoms with E-state index in [1.54, 1.807) is 7.11 Å². The van der Waals surface area contributed by atoms with E-state index in [1.165, 1.54) is 48.9 Å². The number of likely N-dealkylation sites (tertiary alicyclic amines) is 1. The molecule has 1 saturated heterocycles. The first-order valence-electron chi connectivity index (χ1n) is 11.8. The van der Waals surface area contributed by atoms with Crippen molar-refractivity contribution in [1.29, 1.82) is 0 Å². The minimum Gasteiger partial charge on any atom is -0.493 e. The third-order valence-electron chi connectivity index (χ3n) is 6.41. The summed E-state index contributed by atoms with van der Waals surface area (Å²) >= 11 is 0. The molecule has 176 valence electrons. The van der Waals surface area contributed by atoms with Gasteiger partial charge in [0.05, 0.1) is 19.2 Å². The summed E-state index contributed by atoms with van der Waals surface area (Å²) in [5, 5.41) is 11.7. The van der Waals surface area contributed by atoms with Crippen molar-refractivity contribution in [2.45, 2.75) is 64.8 Å². The van der Waals surface area contributed by atoms with Gasteiger partial charge >= 0.3 is 0 Å². The molecule has 7 heteroatoms. The van der Waals surface area contributed by atoms with Gasteiger partial charge < -0.3 is 24.8 Å². The number of pyridine rings is 1. The zero-order valence-electron chi connectivity index (χ0n) is 19.7. The van der Waals surface area contributed by atoms with Crippen molar-refractivity contribution < 1.29 is 19.4 Å². The number of benzene rings is 1. The summed E-state index contributed by atoms with van der Waals surface area (Å²) in [6.45, 7) is 8.47. The van der Waals surface area contributed by atoms with E-state index in [-0.39, 0.29) is 6.47 Å². The predicted octanol–water partition coefficient (Wildman–Crippen LogP) is 4.51. The number of aromatic nitrogens is 1. The second-order valence-corrected chi connectivity index (χ2v) is 8.60. The lowest BCUT2D eigenvalue weighted by atomic mass is 10.0. The molecule has 2 aliphatic rings. The van der Waals surface area contributed by atoms with Crippen molar-refractivity contribution in [3.05, 3.63) is 23.3 Å². The second kappa shape index (κ2) is 11.9. The Morgan fingerprint density at radius 2 is 1.91 bits per heavy atom. The first-order valence-corrected chi connectivity index (χ1v) is 11.8. The van der Waals surface area contributed by atoms with Gasteiger partial charge in [-0.3, -0.25) is 4.79 Å². The molecular weight excluding hydrogens is 406 g/mol. The van der Waals surface area contributed by atoms with Crippen LogP contribution < -0.4 is 14.8 Å². The summed E-state index contributed by atoms with van der Waals surface area (Å²) in [4.78, 5) is 15.9. The Bertz CT molecular complexity index is 897. The molecular formula is C25H37N3O4. The third kappa shape index (κ3) is 5.82. The summed E-state index contributed by atoms with van der Waals surface area (Å²) in [5.41, 5.74) is 3.82. The van der Waals surface area contributed by atoms with Gasteiger partial charge in [0.25, 0.3) is 6.47 Å². The molecule has 1 aliphatic heterocycles. The number of fused-ring (bicyclic) bond motifs is 3. The number of rotatable bonds is 9. The van der Waals surface area contributed by atoms with E-state index in [4.69, 9.17) is 24.4 Å². The number of carboxylic acid groups (broad SMARTS) is 1. The molecule has 2 aromatic rings. The van der Waals surface area contributed by atoms with Gasteiger partial charge in [0, 0.05) is 24.0 Å². The van der Waals surface area contributed by atoms with E-state index in [2.05, 4.69) is 36.2 Å². The zero-order valence-corrected chi connectivity index (χ0v) is 19.7. The number of nitrogens with one attached hydrogen (secondary N) is 1. The van der Waals surface area contributed by atoms with Crippen LogP contribution in [0.1, 0.15) is 57.1 Å². The molecule has 0 saturated carbocycles. The molecule has 1 atom stereocenters. The van der Waals surface area contributed by atoms with Crippen LogP contribution in [0.15, 0.2) is 12.1 Å². The SMILES string of the molecule is CC[C@H](C)Nc1nc2cc(OCCCN3CCCC3)c(OC)cc2c2c1CCC2.O=CO. The molecule has 4 rings (SSSR count). The van der Waals surface area contributed by atoms with E-state index >= 15 is 0 Å². The molecule has 2 heterocycles. The quantitative estimate of drug-likeness (QED) is 0.436. The first-order chi connectivity index (χ1) is 15.6. The highest BCUT2D eigenvalue weighted by Crippen LogP contribution is 2.39. The maximum atomic E-state index is 8.36. The lowest BCUT2D eigenvalue weighted by molar-refractivity contribution is -0.122. The minimum atomic E-state index is -0.250. The third-order valence-corrected chi connectivity index (χ3v) is 6.41. The molecule has 0 amide bonds. The van der Waals surface area contributed by atoms with Crippen molar-refractivity contribution >= 4 is 23.2 Å². The van der Waals surface area contributed by atoms with Crippen LogP contribution in [0.5, 0.6) is 11.5 Å². The summed E-state index contributed by atoms with van der Waals surface area (Å²) in [5.74, 6) is 2.68. The standard InChI is InChI=1S/C24H35N3O2.CH2O2/c1-4-17(2)25-24-19-10-7-9-18(19)20-15-22(28-3)23(16-21(20)26-24)29-14-8-13-27-11-5-6-12-27;2-1-3/h15-17H,4-14H2,1-3H3,(H,25,26);1H,(H,2,3)/t17-;/m0./s1. The van der Waals surface area contributed by atoms with Gasteiger partial charge in [0.1, 0.15) is 5.82 Å². The predicted molar refractivity (Wildman–Crippen MR) is 128 cm³/mol. The maximum Gasteiger partial charge on any atom is 0.290 e. The zero-order chi connectivity index (χ0) is 22.9. The molecule has 1 aliphatic carbocycles. The van der Waals surface area contributed by atoms with Crippen molar-refractivity contribution in [3.63, 3.8) is 0 Å². The number of carbonyl (C=O) groups is 1. The molecule has 7 nitrogen and oxygen atoms in total. The fourth-order valence-electron chi connectivity index (χ4n) is 4.58. The summed E-state index contributed by atoms with van der Waals surface area (Å²) in [6.07, 6.45) is 8.21. The molecule has 0 bridgehead atoms. The number of methoxy groups -OCH3 is 1. The Labute approximate surface area is 191 Å². The van der Waals surface area contributed by atoms with Gasteiger partial charge in [0.2, 0.25) is 0 Å². The van der Waals surface area contributed by atoms with Gasteiger partial charge in [-0.15, -0.1) is 0 Å². The molecule has 32 heavy (non-hydrogen) atoms. The van der Waals surface area contributed by atoms with Crippen LogP contribution in [0, 0.1) is 0 Å². The molecule has 0 unspecified atom stereocenters. The number of hydrogen-bond acceptors (Lipinski definition) is 6. The fraction of sp³-hybridized carbons (Fsp3) is 0.600. The smallest absolute Gasteiger partial charge is 0.290 e. The molecule has 1 aromatic carbocycles. The monoisotopic (exact) mass is 443 g/mol. The van der Waals surface area contributed by atoms with Crippen LogP contribution in [0.4, 0.5) is 5.82 Å². The average Bonchev–Trinajstić information content (AvgIpc) is 3.49. The van der Waals surface area contributed by atoms with E-state index in [1.807, 2.05) is 0 Å². The van der Waals surface area contributed by atoms with Crippen molar-refractivity contribution in [2.75, 3.05) is 38.7 Å². The number of ether oxygens (including phenoxy) is 2. The Hall–Kier alpha value is -2.54. The van der Waals surface area contributed by atoms with Crippen LogP contribution in [-0.2, 0) is 17.6 Å². The van der Waals surface area contributed by atoms with Crippen LogP contribution in [0.2, 0.25) is 0 Å². The Balaban J connectivity index is 0.000000913. The number of hydrogen-bond donors (Lipinski definition) is 2. The van der Waals surface area contributed by atoms with Gasteiger partial charge in [-0.05, 0) is 82.2 Å². The molecule has 2 N–H and O–H groups in total. The Morgan fingerprint density at radius 3 is 2.59 bits per heavy atom. The Kier molecular flexibility index (Phi) is 8.97. The van der Waals surface area contributed by atoms with Crippen LogP contribution in [0.25, 0.3) is 10.9 Å². The topological polar surface area (TPSA) is 83.9 Å². The highest BCUT2D eigenvalue weighted by molar-refractivity contribution is 5.89. The van der Waals surface area contributed by atoms with Crippen molar-refractivity contribution in [3.8, 4) is 11.5 Å². The van der Waals surface area contributed by atoms with Crippen LogP contribution >= 0.6 is 0 Å². The second-order valence-electron chi connectivity index (χ2n) is 8.60. The molecule has 0 spiro atoms. The highest BCUT2D eigenvalue weighted by Gasteiger charge is 2.22. The highest BCUT2D eigenvalue weighted by atomic mass is 16.5. The van der Waals surface area contributed by atoms with Crippen molar-refractivity contribution in [1.82, 2.24) is 9.88 Å². The normalized spacial score (nSPS) is 16.2. The van der Waals surface area contributed by atoms with Gasteiger partial charge in [0.15, 0.2) is 11.5 Å². The van der Waals surface area contributed by atoms with E-state index in [0.717, 1.165) is 55.1 Å². The van der Waals surface area contributed by atoms with E-state index in [0.29, 0.717) is 12.6 Å². The number of nitrogens with zero attached hydrogens (tertiary/aromatic N) is 2. The molecule has 1 aromatic heterocycles. The fourth-order valence-corrected chi connectivity index (χ4v) is 4.58. The van der Waals surface area contributed by atoms with Gasteiger partial charge in [-0.2, -0.15) is 0 Å². The van der Waals surface area contributed by atoms with Crippen LogP contribution in [-0.4, -0.2) is 60.9 Å². The first kappa shape index (κ1) is 24.1. The lowest BCUT2D eigenvalue weighted by Gasteiger charge is -2.19. The van der Waals surface area contributed by atoms with E-state index < -0.39 is 0 Å². The maximum absolute atomic E-state index is 8.36. The lowest BCUT2D eigenvalue weighted by Crippen LogP contribution is -2.21. The van der Waals surface area contributed by atoms with Crippen LogP contribution in [0.3, 0.4) is 0 Å². The number of aryl methyl sites for hydroxylation is 1. The largest absolute Gasteiger partial charge is 0.493 e. The average molecular weight is 444 g/mol. The molecule has 1 fully saturated rings. The minimum absolute atomic E-state index is 0.250. The summed E-state index contributed by atoms with van der Waals surface area (Å²) < 4.78 is 11.8. The van der Waals surface area contributed by atoms with E-state index in [9.17, 15) is 0 Å². The molecule has 0 radical (unpaired) electrons. The number of anilines is 1. The summed E-state index contributed by atoms with van der Waals surface area (Å²) in [7, 11) is 1.73. The Morgan fingerprint density at radius 1 is 1.19 bits per heavy atom. The van der Waals surface area contributed by atoms with Crippen molar-refractivity contribution in [2.24, 2.45) is 0 Å².